The maximum absolute atomic E-state index is 12.6. The van der Waals surface area contributed by atoms with Crippen molar-refractivity contribution in [2.45, 2.75) is 0 Å². The van der Waals surface area contributed by atoms with Gasteiger partial charge in [0.05, 0.1) is 17.6 Å². The van der Waals surface area contributed by atoms with Crippen molar-refractivity contribution in [1.29, 1.82) is 0 Å². The standard InChI is InChI=1S/C24H20BrN5O2/c1-28(2)20-11-13-21(14-12-20)29(32)16-24(31)18-5-9-22(10-6-18)30-23(15-26-27-30)17-3-7-19(25)8-4-17/h3-16H,1-2H3/b29-16-. The lowest BCUT2D eigenvalue weighted by atomic mass is 10.1. The molecule has 0 N–H and O–H groups in total. The van der Waals surface area contributed by atoms with Crippen molar-refractivity contribution < 1.29 is 9.53 Å². The molecule has 0 bridgehead atoms. The fraction of sp³-hybridized carbons (Fsp3) is 0.0833. The quantitative estimate of drug-likeness (QED) is 0.127. The van der Waals surface area contributed by atoms with Crippen molar-refractivity contribution in [3.05, 3.63) is 94.2 Å². The topological polar surface area (TPSA) is 77.1 Å². The van der Waals surface area contributed by atoms with Crippen molar-refractivity contribution in [3.63, 3.8) is 0 Å². The minimum absolute atomic E-state index is 0.380. The first-order chi connectivity index (χ1) is 15.4. The molecule has 4 aromatic rings. The summed E-state index contributed by atoms with van der Waals surface area (Å²) in [5.41, 5.74) is 4.33. The normalized spacial score (nSPS) is 11.4. The summed E-state index contributed by atoms with van der Waals surface area (Å²) in [5.74, 6) is -0.380. The van der Waals surface area contributed by atoms with Gasteiger partial charge in [0.2, 0.25) is 17.7 Å². The lowest BCUT2D eigenvalue weighted by Gasteiger charge is -2.12. The van der Waals surface area contributed by atoms with E-state index in [2.05, 4.69) is 26.2 Å². The number of ketones is 1. The number of nitrogens with zero attached hydrogens (tertiary/aromatic N) is 5. The second-order valence-corrected chi connectivity index (χ2v) is 8.23. The fourth-order valence-electron chi connectivity index (χ4n) is 3.16. The molecule has 3 aromatic carbocycles. The van der Waals surface area contributed by atoms with Crippen LogP contribution >= 0.6 is 15.9 Å². The summed E-state index contributed by atoms with van der Waals surface area (Å²) < 4.78 is 3.27. The molecule has 0 spiro atoms. The van der Waals surface area contributed by atoms with Gasteiger partial charge in [-0.05, 0) is 48.5 Å². The summed E-state index contributed by atoms with van der Waals surface area (Å²) in [6.07, 6.45) is 2.73. The number of anilines is 1. The Morgan fingerprint density at radius 1 is 1.00 bits per heavy atom. The van der Waals surface area contributed by atoms with E-state index in [4.69, 9.17) is 0 Å². The zero-order chi connectivity index (χ0) is 22.7. The van der Waals surface area contributed by atoms with Crippen LogP contribution in [0.3, 0.4) is 0 Å². The molecule has 0 unspecified atom stereocenters. The molecule has 0 fully saturated rings. The zero-order valence-electron chi connectivity index (χ0n) is 17.5. The van der Waals surface area contributed by atoms with Crippen LogP contribution in [0.4, 0.5) is 11.4 Å². The first kappa shape index (κ1) is 21.5. The highest BCUT2D eigenvalue weighted by Crippen LogP contribution is 2.23. The SMILES string of the molecule is CN(C)c1ccc(/[N+]([O-])=C/C(=O)c2ccc(-n3nncc3-c3ccc(Br)cc3)cc2)cc1. The van der Waals surface area contributed by atoms with Crippen molar-refractivity contribution >= 4 is 39.3 Å². The van der Waals surface area contributed by atoms with E-state index in [1.54, 1.807) is 47.3 Å². The molecule has 0 saturated carbocycles. The molecule has 0 aliphatic rings. The smallest absolute Gasteiger partial charge is 0.250 e. The Bertz CT molecular complexity index is 1260. The van der Waals surface area contributed by atoms with E-state index in [1.165, 1.54) is 0 Å². The van der Waals surface area contributed by atoms with E-state index in [-0.39, 0.29) is 5.78 Å². The number of hydrogen-bond donors (Lipinski definition) is 0. The summed E-state index contributed by atoms with van der Waals surface area (Å²) in [5, 5.41) is 20.6. The van der Waals surface area contributed by atoms with E-state index >= 15 is 0 Å². The maximum Gasteiger partial charge on any atom is 0.250 e. The third kappa shape index (κ3) is 4.60. The Morgan fingerprint density at radius 3 is 2.28 bits per heavy atom. The number of hydrogen-bond acceptors (Lipinski definition) is 5. The summed E-state index contributed by atoms with van der Waals surface area (Å²) in [4.78, 5) is 14.5. The second kappa shape index (κ2) is 9.15. The number of aromatic nitrogens is 3. The van der Waals surface area contributed by atoms with E-state index in [0.29, 0.717) is 16.0 Å². The van der Waals surface area contributed by atoms with Gasteiger partial charge in [0.1, 0.15) is 0 Å². The summed E-state index contributed by atoms with van der Waals surface area (Å²) in [6, 6.07) is 21.8. The molecule has 4 rings (SSSR count). The van der Waals surface area contributed by atoms with Crippen LogP contribution < -0.4 is 4.90 Å². The van der Waals surface area contributed by atoms with Crippen molar-refractivity contribution in [2.24, 2.45) is 0 Å². The molecular formula is C24H20BrN5O2. The molecule has 8 heteroatoms. The molecule has 0 radical (unpaired) electrons. The minimum atomic E-state index is -0.380. The molecule has 1 heterocycles. The van der Waals surface area contributed by atoms with Gasteiger partial charge in [0, 0.05) is 47.5 Å². The van der Waals surface area contributed by atoms with Crippen LogP contribution in [0.2, 0.25) is 0 Å². The lowest BCUT2D eigenvalue weighted by molar-refractivity contribution is -0.353. The highest BCUT2D eigenvalue weighted by Gasteiger charge is 2.12. The zero-order valence-corrected chi connectivity index (χ0v) is 19.1. The number of rotatable bonds is 6. The van der Waals surface area contributed by atoms with Crippen LogP contribution in [0, 0.1) is 5.21 Å². The van der Waals surface area contributed by atoms with Gasteiger partial charge >= 0.3 is 0 Å². The third-order valence-electron chi connectivity index (χ3n) is 4.94. The Kier molecular flexibility index (Phi) is 6.13. The molecule has 1 aromatic heterocycles. The van der Waals surface area contributed by atoms with Crippen LogP contribution in [0.1, 0.15) is 10.4 Å². The van der Waals surface area contributed by atoms with Gasteiger partial charge in [-0.2, -0.15) is 4.74 Å². The molecule has 0 atom stereocenters. The average Bonchev–Trinajstić information content (AvgIpc) is 3.29. The fourth-order valence-corrected chi connectivity index (χ4v) is 3.43. The highest BCUT2D eigenvalue weighted by molar-refractivity contribution is 9.10. The van der Waals surface area contributed by atoms with Gasteiger partial charge in [-0.25, -0.2) is 4.68 Å². The molecule has 160 valence electrons. The minimum Gasteiger partial charge on any atom is -0.618 e. The van der Waals surface area contributed by atoms with Gasteiger partial charge in [0.25, 0.3) is 0 Å². The molecule has 0 aliphatic carbocycles. The Labute approximate surface area is 194 Å². The maximum atomic E-state index is 12.6. The Hall–Kier alpha value is -3.78. The molecule has 32 heavy (non-hydrogen) atoms. The molecule has 0 amide bonds. The van der Waals surface area contributed by atoms with Gasteiger partial charge in [-0.15, -0.1) is 5.10 Å². The summed E-state index contributed by atoms with van der Waals surface area (Å²) in [7, 11) is 3.84. The van der Waals surface area contributed by atoms with E-state index < -0.39 is 0 Å². The van der Waals surface area contributed by atoms with Gasteiger partial charge in [-0.1, -0.05) is 33.3 Å². The first-order valence-corrected chi connectivity index (χ1v) is 10.6. The Morgan fingerprint density at radius 2 is 1.66 bits per heavy atom. The summed E-state index contributed by atoms with van der Waals surface area (Å²) in [6.45, 7) is 0. The van der Waals surface area contributed by atoms with E-state index in [9.17, 15) is 10.0 Å². The van der Waals surface area contributed by atoms with Crippen molar-refractivity contribution in [1.82, 2.24) is 15.0 Å². The monoisotopic (exact) mass is 489 g/mol. The van der Waals surface area contributed by atoms with Crippen molar-refractivity contribution in [2.75, 3.05) is 19.0 Å². The molecule has 0 saturated heterocycles. The van der Waals surface area contributed by atoms with Gasteiger partial charge in [-0.3, -0.25) is 4.79 Å². The average molecular weight is 490 g/mol. The number of Topliss-reactive ketones (excluding diaryl/α,β-unsaturated/α-hetero) is 1. The molecule has 0 aliphatic heterocycles. The number of carbonyl (C=O) groups is 1. The van der Waals surface area contributed by atoms with Gasteiger partial charge in [0.15, 0.2) is 0 Å². The third-order valence-corrected chi connectivity index (χ3v) is 5.47. The van der Waals surface area contributed by atoms with E-state index in [0.717, 1.165) is 33.3 Å². The number of carbonyl (C=O) groups excluding carboxylic acids is 1. The summed E-state index contributed by atoms with van der Waals surface area (Å²) >= 11 is 3.43. The predicted molar refractivity (Wildman–Crippen MR) is 129 cm³/mol. The van der Waals surface area contributed by atoms with E-state index in [1.807, 2.05) is 55.4 Å². The second-order valence-electron chi connectivity index (χ2n) is 7.31. The van der Waals surface area contributed by atoms with Gasteiger partial charge < -0.3 is 10.1 Å². The molecular weight excluding hydrogens is 470 g/mol. The van der Waals surface area contributed by atoms with Crippen LogP contribution in [0.15, 0.2) is 83.5 Å². The van der Waals surface area contributed by atoms with Crippen molar-refractivity contribution in [3.8, 4) is 16.9 Å². The number of benzene rings is 3. The van der Waals surface area contributed by atoms with Crippen LogP contribution in [-0.2, 0) is 0 Å². The first-order valence-electron chi connectivity index (χ1n) is 9.82. The van der Waals surface area contributed by atoms with Crippen LogP contribution in [0.25, 0.3) is 16.9 Å². The molecule has 7 nitrogen and oxygen atoms in total. The van der Waals surface area contributed by atoms with Crippen LogP contribution in [0.5, 0.6) is 0 Å². The largest absolute Gasteiger partial charge is 0.618 e. The Balaban J connectivity index is 1.54. The predicted octanol–water partition coefficient (Wildman–Crippen LogP) is 4.86. The highest BCUT2D eigenvalue weighted by atomic mass is 79.9. The lowest BCUT2D eigenvalue weighted by Crippen LogP contribution is -2.10. The van der Waals surface area contributed by atoms with Crippen LogP contribution in [-0.4, -0.2) is 45.8 Å². The number of halogens is 1.